The average molecular weight is 255 g/mol. The Bertz CT molecular complexity index is 311. The summed E-state index contributed by atoms with van der Waals surface area (Å²) in [6.45, 7) is 0. The van der Waals surface area contributed by atoms with Crippen molar-refractivity contribution < 1.29 is 13.2 Å². The Morgan fingerprint density at radius 2 is 2.08 bits per heavy atom. The molecule has 2 N–H and O–H groups in total. The molecule has 0 unspecified atom stereocenters. The molecule has 1 aromatic heterocycles. The van der Waals surface area contributed by atoms with E-state index in [0.717, 1.165) is 6.20 Å². The minimum absolute atomic E-state index is 0.294. The van der Waals surface area contributed by atoms with Crippen molar-refractivity contribution in [2.24, 2.45) is 0 Å². The fraction of sp³-hybridized carbons (Fsp3) is 0.286. The van der Waals surface area contributed by atoms with Gasteiger partial charge in [0.15, 0.2) is 0 Å². The second-order valence-corrected chi connectivity index (χ2v) is 2.96. The van der Waals surface area contributed by atoms with Crippen molar-refractivity contribution in [1.29, 1.82) is 0 Å². The number of nitrogens with two attached hydrogens (primary N) is 1. The minimum atomic E-state index is -4.43. The molecule has 0 saturated heterocycles. The topological polar surface area (TPSA) is 38.9 Å². The lowest BCUT2D eigenvalue weighted by Gasteiger charge is -2.09. The molecular weight excluding hydrogens is 249 g/mol. The van der Waals surface area contributed by atoms with Gasteiger partial charge in [-0.1, -0.05) is 15.9 Å². The van der Waals surface area contributed by atoms with Gasteiger partial charge >= 0.3 is 6.18 Å². The molecule has 2 nitrogen and oxygen atoms in total. The monoisotopic (exact) mass is 254 g/mol. The molecule has 0 amide bonds. The van der Waals surface area contributed by atoms with Crippen molar-refractivity contribution in [2.75, 3.05) is 5.73 Å². The molecule has 1 heterocycles. The number of halogens is 4. The molecule has 0 aliphatic heterocycles. The van der Waals surface area contributed by atoms with Gasteiger partial charge in [0.2, 0.25) is 0 Å². The number of pyridine rings is 1. The van der Waals surface area contributed by atoms with E-state index in [9.17, 15) is 13.2 Å². The lowest BCUT2D eigenvalue weighted by molar-refractivity contribution is -0.137. The van der Waals surface area contributed by atoms with E-state index in [-0.39, 0.29) is 5.69 Å². The molecule has 72 valence electrons. The Balaban J connectivity index is 3.13. The van der Waals surface area contributed by atoms with E-state index in [1.165, 1.54) is 6.07 Å². The summed E-state index contributed by atoms with van der Waals surface area (Å²) in [5, 5.41) is 0.384. The molecule has 0 bridgehead atoms. The fourth-order valence-electron chi connectivity index (χ4n) is 0.826. The van der Waals surface area contributed by atoms with Crippen molar-refractivity contribution in [3.63, 3.8) is 0 Å². The first-order chi connectivity index (χ1) is 5.95. The van der Waals surface area contributed by atoms with E-state index >= 15 is 0 Å². The van der Waals surface area contributed by atoms with E-state index in [1.54, 1.807) is 0 Å². The zero-order valence-corrected chi connectivity index (χ0v) is 7.98. The number of rotatable bonds is 1. The summed E-state index contributed by atoms with van der Waals surface area (Å²) in [4.78, 5) is 3.58. The Hall–Kier alpha value is -0.780. The second-order valence-electron chi connectivity index (χ2n) is 2.39. The number of anilines is 1. The predicted octanol–water partition coefficient (Wildman–Crippen LogP) is 2.58. The van der Waals surface area contributed by atoms with Gasteiger partial charge in [-0.25, -0.2) is 0 Å². The van der Waals surface area contributed by atoms with Gasteiger partial charge in [-0.15, -0.1) is 0 Å². The summed E-state index contributed by atoms with van der Waals surface area (Å²) in [6, 6.07) is 1.21. The standard InChI is InChI=1S/C7H6BrF3N2/c8-2-4-1-6(12)5(3-13-4)7(9,10)11/h1,3H,2H2,(H2,12,13). The van der Waals surface area contributed by atoms with Crippen LogP contribution in [0.2, 0.25) is 0 Å². The van der Waals surface area contributed by atoms with Crippen LogP contribution >= 0.6 is 15.9 Å². The third-order valence-electron chi connectivity index (χ3n) is 1.43. The number of aromatic nitrogens is 1. The molecule has 13 heavy (non-hydrogen) atoms. The van der Waals surface area contributed by atoms with Crippen LogP contribution in [0.3, 0.4) is 0 Å². The van der Waals surface area contributed by atoms with Crippen molar-refractivity contribution in [3.05, 3.63) is 23.5 Å². The minimum Gasteiger partial charge on any atom is -0.398 e. The Morgan fingerprint density at radius 1 is 1.46 bits per heavy atom. The third-order valence-corrected chi connectivity index (χ3v) is 2.01. The molecule has 0 aliphatic rings. The molecule has 1 rings (SSSR count). The zero-order valence-electron chi connectivity index (χ0n) is 6.40. The van der Waals surface area contributed by atoms with Gasteiger partial charge in [0.25, 0.3) is 0 Å². The molecular formula is C7H6BrF3N2. The van der Waals surface area contributed by atoms with E-state index in [4.69, 9.17) is 5.73 Å². The van der Waals surface area contributed by atoms with Crippen molar-refractivity contribution >= 4 is 21.6 Å². The highest BCUT2D eigenvalue weighted by atomic mass is 79.9. The van der Waals surface area contributed by atoms with Crippen molar-refractivity contribution in [2.45, 2.75) is 11.5 Å². The van der Waals surface area contributed by atoms with Gasteiger partial charge in [-0.2, -0.15) is 13.2 Å². The van der Waals surface area contributed by atoms with Crippen LogP contribution < -0.4 is 5.73 Å². The number of alkyl halides is 4. The summed E-state index contributed by atoms with van der Waals surface area (Å²) < 4.78 is 36.5. The average Bonchev–Trinajstić information content (AvgIpc) is 2.01. The number of nitrogen functional groups attached to an aromatic ring is 1. The first kappa shape index (κ1) is 10.3. The number of hydrogen-bond acceptors (Lipinski definition) is 2. The van der Waals surface area contributed by atoms with Crippen molar-refractivity contribution in [3.8, 4) is 0 Å². The van der Waals surface area contributed by atoms with Crippen molar-refractivity contribution in [1.82, 2.24) is 4.98 Å². The smallest absolute Gasteiger partial charge is 0.398 e. The van der Waals surface area contributed by atoms with E-state index in [2.05, 4.69) is 20.9 Å². The summed E-state index contributed by atoms with van der Waals surface area (Å²) >= 11 is 3.07. The van der Waals surface area contributed by atoms with Gasteiger partial charge in [-0.3, -0.25) is 4.98 Å². The lowest BCUT2D eigenvalue weighted by atomic mass is 10.2. The first-order valence-corrected chi connectivity index (χ1v) is 4.45. The van der Waals surface area contributed by atoms with Crippen LogP contribution in [-0.2, 0) is 11.5 Å². The second kappa shape index (κ2) is 3.53. The maximum Gasteiger partial charge on any atom is 0.419 e. The summed E-state index contributed by atoms with van der Waals surface area (Å²) in [5.74, 6) is 0. The van der Waals surface area contributed by atoms with Crippen LogP contribution in [-0.4, -0.2) is 4.98 Å². The maximum absolute atomic E-state index is 12.2. The molecule has 0 fully saturated rings. The van der Waals surface area contributed by atoms with Crippen LogP contribution in [0.5, 0.6) is 0 Å². The number of nitrogens with zero attached hydrogens (tertiary/aromatic N) is 1. The molecule has 0 atom stereocenters. The Morgan fingerprint density at radius 3 is 2.46 bits per heavy atom. The largest absolute Gasteiger partial charge is 0.419 e. The quantitative estimate of drug-likeness (QED) is 0.783. The van der Waals surface area contributed by atoms with Gasteiger partial charge in [-0.05, 0) is 6.07 Å². The Kier molecular flexibility index (Phi) is 2.80. The van der Waals surface area contributed by atoms with Crippen LogP contribution in [0.1, 0.15) is 11.3 Å². The molecule has 0 radical (unpaired) electrons. The zero-order chi connectivity index (χ0) is 10.1. The predicted molar refractivity (Wildman–Crippen MR) is 46.3 cm³/mol. The highest BCUT2D eigenvalue weighted by Gasteiger charge is 2.33. The van der Waals surface area contributed by atoms with E-state index < -0.39 is 11.7 Å². The fourth-order valence-corrected chi connectivity index (χ4v) is 1.13. The van der Waals surface area contributed by atoms with Crippen LogP contribution in [0, 0.1) is 0 Å². The highest BCUT2D eigenvalue weighted by Crippen LogP contribution is 2.33. The van der Waals surface area contributed by atoms with Crippen LogP contribution in [0.15, 0.2) is 12.3 Å². The lowest BCUT2D eigenvalue weighted by Crippen LogP contribution is -2.10. The molecule has 0 aliphatic carbocycles. The normalized spacial score (nSPS) is 11.7. The third kappa shape index (κ3) is 2.33. The molecule has 1 aromatic rings. The summed E-state index contributed by atoms with van der Waals surface area (Å²) in [5.41, 5.74) is 4.49. The Labute approximate surface area is 81.1 Å². The molecule has 0 saturated carbocycles. The van der Waals surface area contributed by atoms with Gasteiger partial charge < -0.3 is 5.73 Å². The van der Waals surface area contributed by atoms with E-state index in [1.807, 2.05) is 0 Å². The van der Waals surface area contributed by atoms with Crippen LogP contribution in [0.4, 0.5) is 18.9 Å². The van der Waals surface area contributed by atoms with E-state index in [0.29, 0.717) is 11.0 Å². The summed E-state index contributed by atoms with van der Waals surface area (Å²) in [6.07, 6.45) is -3.69. The van der Waals surface area contributed by atoms with Gasteiger partial charge in [0, 0.05) is 17.2 Å². The molecule has 0 aromatic carbocycles. The van der Waals surface area contributed by atoms with Gasteiger partial charge in [0.1, 0.15) is 0 Å². The SMILES string of the molecule is Nc1cc(CBr)ncc1C(F)(F)F. The molecule has 6 heteroatoms. The summed E-state index contributed by atoms with van der Waals surface area (Å²) in [7, 11) is 0. The maximum atomic E-state index is 12.2. The number of hydrogen-bond donors (Lipinski definition) is 1. The van der Waals surface area contributed by atoms with Crippen LogP contribution in [0.25, 0.3) is 0 Å². The first-order valence-electron chi connectivity index (χ1n) is 3.32. The van der Waals surface area contributed by atoms with Gasteiger partial charge in [0.05, 0.1) is 11.3 Å². The molecule has 0 spiro atoms. The highest BCUT2D eigenvalue weighted by molar-refractivity contribution is 9.08.